The summed E-state index contributed by atoms with van der Waals surface area (Å²) in [5, 5.41) is 0.507. The minimum Gasteiger partial charge on any atom is -0.465 e. The molecule has 8 heteroatoms. The molecule has 0 atom stereocenters. The molecule has 0 N–H and O–H groups in total. The van der Waals surface area contributed by atoms with Gasteiger partial charge in [0.2, 0.25) is 0 Å². The van der Waals surface area contributed by atoms with Crippen LogP contribution < -0.4 is 4.31 Å². The van der Waals surface area contributed by atoms with E-state index in [0.717, 1.165) is 22.7 Å². The molecule has 2 aliphatic rings. The first-order valence-electron chi connectivity index (χ1n) is 7.64. The van der Waals surface area contributed by atoms with Gasteiger partial charge in [-0.05, 0) is 37.8 Å². The van der Waals surface area contributed by atoms with E-state index in [-0.39, 0.29) is 19.7 Å². The molecule has 23 heavy (non-hydrogen) atoms. The molecule has 3 rings (SSSR count). The number of benzene rings is 1. The van der Waals surface area contributed by atoms with Crippen molar-refractivity contribution in [3.05, 3.63) is 28.8 Å². The number of hydrogen-bond donors (Lipinski definition) is 0. The number of nitrogens with zero attached hydrogens (tertiary/aromatic N) is 2. The zero-order valence-electron chi connectivity index (χ0n) is 12.9. The number of carbonyl (C=O) groups excluding carboxylic acids is 1. The van der Waals surface area contributed by atoms with E-state index < -0.39 is 16.2 Å². The van der Waals surface area contributed by atoms with E-state index >= 15 is 0 Å². The number of carbonyl (C=O) groups is 1. The quantitative estimate of drug-likeness (QED) is 0.757. The van der Waals surface area contributed by atoms with Crippen LogP contribution in [0.1, 0.15) is 25.3 Å². The van der Waals surface area contributed by atoms with Gasteiger partial charge in [0.1, 0.15) is 6.54 Å². The van der Waals surface area contributed by atoms with Crippen LogP contribution in [-0.4, -0.2) is 38.4 Å². The van der Waals surface area contributed by atoms with Crippen LogP contribution in [0.3, 0.4) is 0 Å². The lowest BCUT2D eigenvalue weighted by Gasteiger charge is -2.37. The van der Waals surface area contributed by atoms with Gasteiger partial charge in [0.15, 0.2) is 0 Å². The Morgan fingerprint density at radius 2 is 2.13 bits per heavy atom. The largest absolute Gasteiger partial charge is 0.465 e. The second-order valence-corrected chi connectivity index (χ2v) is 8.05. The Balaban J connectivity index is 1.97. The molecule has 1 heterocycles. The molecule has 126 valence electrons. The number of hydrogen-bond acceptors (Lipinski definition) is 4. The molecule has 6 nitrogen and oxygen atoms in total. The molecule has 0 amide bonds. The number of esters is 1. The van der Waals surface area contributed by atoms with Crippen molar-refractivity contribution in [3.63, 3.8) is 0 Å². The lowest BCUT2D eigenvalue weighted by Crippen LogP contribution is -2.50. The SMILES string of the molecule is CCOC(=O)CN1Cc2c(Cl)cccc2N(CC2CC2)S1(=O)=O. The summed E-state index contributed by atoms with van der Waals surface area (Å²) in [6, 6.07) is 5.25. The summed E-state index contributed by atoms with van der Waals surface area (Å²) in [7, 11) is -3.76. The van der Waals surface area contributed by atoms with Crippen LogP contribution in [0.4, 0.5) is 5.69 Å². The third-order valence-corrected chi connectivity index (χ3v) is 6.20. The maximum Gasteiger partial charge on any atom is 0.321 e. The summed E-state index contributed by atoms with van der Waals surface area (Å²) in [5.41, 5.74) is 1.35. The molecule has 0 bridgehead atoms. The third kappa shape index (κ3) is 3.32. The van der Waals surface area contributed by atoms with Gasteiger partial charge in [-0.1, -0.05) is 17.7 Å². The van der Waals surface area contributed by atoms with Gasteiger partial charge in [0.25, 0.3) is 0 Å². The lowest BCUT2D eigenvalue weighted by molar-refractivity contribution is -0.143. The lowest BCUT2D eigenvalue weighted by atomic mass is 10.1. The normalized spacial score (nSPS) is 20.2. The van der Waals surface area contributed by atoms with E-state index in [0.29, 0.717) is 23.2 Å². The predicted molar refractivity (Wildman–Crippen MR) is 87.5 cm³/mol. The van der Waals surface area contributed by atoms with Gasteiger partial charge in [-0.3, -0.25) is 9.10 Å². The molecular formula is C15H19ClN2O4S. The zero-order chi connectivity index (χ0) is 16.6. The first-order valence-corrected chi connectivity index (χ1v) is 9.41. The minimum atomic E-state index is -3.76. The molecule has 0 aromatic heterocycles. The van der Waals surface area contributed by atoms with Crippen LogP contribution in [0.25, 0.3) is 0 Å². The highest BCUT2D eigenvalue weighted by molar-refractivity contribution is 7.90. The smallest absolute Gasteiger partial charge is 0.321 e. The van der Waals surface area contributed by atoms with Gasteiger partial charge < -0.3 is 4.74 Å². The molecule has 0 radical (unpaired) electrons. The highest BCUT2D eigenvalue weighted by Gasteiger charge is 2.41. The minimum absolute atomic E-state index is 0.0807. The summed E-state index contributed by atoms with van der Waals surface area (Å²) in [6.45, 7) is 2.11. The zero-order valence-corrected chi connectivity index (χ0v) is 14.4. The highest BCUT2D eigenvalue weighted by Crippen LogP contribution is 2.40. The van der Waals surface area contributed by atoms with E-state index in [1.54, 1.807) is 25.1 Å². The predicted octanol–water partition coefficient (Wildman–Crippen LogP) is 2.18. The van der Waals surface area contributed by atoms with E-state index in [2.05, 4.69) is 0 Å². The Hall–Kier alpha value is -1.31. The van der Waals surface area contributed by atoms with Gasteiger partial charge >= 0.3 is 16.2 Å². The molecule has 1 saturated carbocycles. The summed E-state index contributed by atoms with van der Waals surface area (Å²) < 4.78 is 33.2. The fraction of sp³-hybridized carbons (Fsp3) is 0.533. The van der Waals surface area contributed by atoms with Crippen LogP contribution in [0.5, 0.6) is 0 Å². The highest BCUT2D eigenvalue weighted by atomic mass is 35.5. The first-order chi connectivity index (χ1) is 10.9. The van der Waals surface area contributed by atoms with Crippen LogP contribution in [0, 0.1) is 5.92 Å². The fourth-order valence-electron chi connectivity index (χ4n) is 2.67. The van der Waals surface area contributed by atoms with Crippen molar-refractivity contribution >= 4 is 33.5 Å². The maximum atomic E-state index is 12.9. The van der Waals surface area contributed by atoms with Gasteiger partial charge in [-0.25, -0.2) is 0 Å². The van der Waals surface area contributed by atoms with Gasteiger partial charge in [-0.15, -0.1) is 0 Å². The molecule has 0 saturated heterocycles. The van der Waals surface area contributed by atoms with Crippen LogP contribution in [0.2, 0.25) is 5.02 Å². The van der Waals surface area contributed by atoms with E-state index in [4.69, 9.17) is 16.3 Å². The number of fused-ring (bicyclic) bond motifs is 1. The number of ether oxygens (including phenoxy) is 1. The van der Waals surface area contributed by atoms with Gasteiger partial charge in [-0.2, -0.15) is 12.7 Å². The van der Waals surface area contributed by atoms with E-state index in [1.807, 2.05) is 0 Å². The Kier molecular flexibility index (Phi) is 4.53. The summed E-state index contributed by atoms with van der Waals surface area (Å²) in [5.74, 6) is -0.183. The van der Waals surface area contributed by atoms with Crippen LogP contribution >= 0.6 is 11.6 Å². The summed E-state index contributed by atoms with van der Waals surface area (Å²) in [6.07, 6.45) is 2.06. The number of rotatable bonds is 5. The Bertz CT molecular complexity index is 718. The van der Waals surface area contributed by atoms with Crippen molar-refractivity contribution in [1.29, 1.82) is 0 Å². The Labute approximate surface area is 141 Å². The molecule has 0 spiro atoms. The van der Waals surface area contributed by atoms with E-state index in [1.165, 1.54) is 4.31 Å². The molecule has 1 fully saturated rings. The second-order valence-electron chi connectivity index (χ2n) is 5.79. The van der Waals surface area contributed by atoms with Crippen LogP contribution in [0.15, 0.2) is 18.2 Å². The van der Waals surface area contributed by atoms with Crippen molar-refractivity contribution in [2.45, 2.75) is 26.3 Å². The molecule has 1 aromatic carbocycles. The second kappa shape index (κ2) is 6.30. The number of halogens is 1. The molecule has 1 aliphatic carbocycles. The average molecular weight is 359 g/mol. The first kappa shape index (κ1) is 16.5. The van der Waals surface area contributed by atoms with E-state index in [9.17, 15) is 13.2 Å². The van der Waals surface area contributed by atoms with Crippen LogP contribution in [-0.2, 0) is 26.3 Å². The molecular weight excluding hydrogens is 340 g/mol. The summed E-state index contributed by atoms with van der Waals surface area (Å²) >= 11 is 6.25. The summed E-state index contributed by atoms with van der Waals surface area (Å²) in [4.78, 5) is 11.8. The maximum absolute atomic E-state index is 12.9. The number of anilines is 1. The monoisotopic (exact) mass is 358 g/mol. The van der Waals surface area contributed by atoms with Gasteiger partial charge in [0, 0.05) is 23.7 Å². The van der Waals surface area contributed by atoms with Crippen molar-refractivity contribution in [2.75, 3.05) is 24.0 Å². The van der Waals surface area contributed by atoms with Gasteiger partial charge in [0.05, 0.1) is 12.3 Å². The van der Waals surface area contributed by atoms with Crippen molar-refractivity contribution < 1.29 is 17.9 Å². The van der Waals surface area contributed by atoms with Crippen molar-refractivity contribution in [2.24, 2.45) is 5.92 Å². The Morgan fingerprint density at radius 3 is 2.78 bits per heavy atom. The van der Waals surface area contributed by atoms with Crippen molar-refractivity contribution in [3.8, 4) is 0 Å². The third-order valence-electron chi connectivity index (χ3n) is 4.03. The Morgan fingerprint density at radius 1 is 1.39 bits per heavy atom. The molecule has 1 aromatic rings. The molecule has 1 aliphatic heterocycles. The van der Waals surface area contributed by atoms with Crippen molar-refractivity contribution in [1.82, 2.24) is 4.31 Å². The molecule has 0 unspecified atom stereocenters. The topological polar surface area (TPSA) is 66.9 Å². The standard InChI is InChI=1S/C15H19ClN2O4S/c1-2-22-15(19)10-17-9-12-13(16)4-3-5-14(12)18(23(17,20)21)8-11-6-7-11/h3-5,11H,2,6-10H2,1H3. The average Bonchev–Trinajstić information content (AvgIpc) is 3.29. The fourth-order valence-corrected chi connectivity index (χ4v) is 4.56.